The smallest absolute Gasteiger partial charge is 0.229 e. The number of hydrogen-bond acceptors (Lipinski definition) is 7. The average Bonchev–Trinajstić information content (AvgIpc) is 3.66. The lowest BCUT2D eigenvalue weighted by Gasteiger charge is -2.17. The van der Waals surface area contributed by atoms with Gasteiger partial charge in [0.15, 0.2) is 17.0 Å². The van der Waals surface area contributed by atoms with E-state index >= 15 is 0 Å². The van der Waals surface area contributed by atoms with Crippen LogP contribution in [0.25, 0.3) is 16.9 Å². The Morgan fingerprint density at radius 1 is 0.943 bits per heavy atom. The number of aromatic nitrogens is 7. The van der Waals surface area contributed by atoms with E-state index in [1.54, 1.807) is 30.7 Å². The molecule has 2 aromatic carbocycles. The number of fused-ring (bicyclic) bond motifs is 1. The third-order valence-corrected chi connectivity index (χ3v) is 6.12. The molecule has 35 heavy (non-hydrogen) atoms. The van der Waals surface area contributed by atoms with Crippen molar-refractivity contribution in [3.63, 3.8) is 0 Å². The monoisotopic (exact) mass is 469 g/mol. The van der Waals surface area contributed by atoms with Gasteiger partial charge in [0.25, 0.3) is 0 Å². The molecule has 0 amide bonds. The van der Waals surface area contributed by atoms with E-state index in [0.29, 0.717) is 41.8 Å². The third-order valence-electron chi connectivity index (χ3n) is 6.12. The molecule has 1 saturated heterocycles. The fraction of sp³-hybridized carbons (Fsp3) is 0.240. The number of benzene rings is 2. The van der Waals surface area contributed by atoms with Crippen LogP contribution in [0.5, 0.6) is 0 Å². The predicted octanol–water partition coefficient (Wildman–Crippen LogP) is 3.81. The van der Waals surface area contributed by atoms with Crippen LogP contribution in [-0.4, -0.2) is 47.6 Å². The van der Waals surface area contributed by atoms with Crippen LogP contribution in [0.15, 0.2) is 67.1 Å². The highest BCUT2D eigenvalue weighted by molar-refractivity contribution is 5.84. The highest BCUT2D eigenvalue weighted by Crippen LogP contribution is 2.25. The van der Waals surface area contributed by atoms with Crippen molar-refractivity contribution < 1.29 is 4.39 Å². The van der Waals surface area contributed by atoms with Gasteiger partial charge in [-0.2, -0.15) is 9.97 Å². The summed E-state index contributed by atoms with van der Waals surface area (Å²) in [6, 6.07) is 16.7. The molecule has 0 radical (unpaired) electrons. The van der Waals surface area contributed by atoms with Crippen LogP contribution in [0.2, 0.25) is 0 Å². The van der Waals surface area contributed by atoms with E-state index in [4.69, 9.17) is 9.97 Å². The van der Waals surface area contributed by atoms with Crippen molar-refractivity contribution in [2.75, 3.05) is 23.3 Å². The van der Waals surface area contributed by atoms with E-state index in [0.717, 1.165) is 37.1 Å². The summed E-state index contributed by atoms with van der Waals surface area (Å²) in [5.74, 6) is 1.05. The normalized spacial score (nSPS) is 13.6. The summed E-state index contributed by atoms with van der Waals surface area (Å²) < 4.78 is 17.5. The van der Waals surface area contributed by atoms with Gasteiger partial charge >= 0.3 is 0 Å². The van der Waals surface area contributed by atoms with Gasteiger partial charge < -0.3 is 14.8 Å². The maximum absolute atomic E-state index is 14.2. The Kier molecular flexibility index (Phi) is 5.53. The van der Waals surface area contributed by atoms with E-state index in [1.807, 2.05) is 22.8 Å². The minimum absolute atomic E-state index is 0.353. The fourth-order valence-corrected chi connectivity index (χ4v) is 4.31. The second kappa shape index (κ2) is 9.13. The van der Waals surface area contributed by atoms with Gasteiger partial charge in [0.2, 0.25) is 5.95 Å². The molecule has 1 fully saturated rings. The standard InChI is InChI=1S/C25H24FN9/c26-20-10-4-5-11-21(20)35-16-19(31-32-35)15-34-17-28-22-23(27-14-18-8-2-1-3-9-18)29-25(30-24(22)34)33-12-6-7-13-33/h1-5,8-11,16-17H,6-7,12-15H2,(H,27,29,30). The van der Waals surface area contributed by atoms with Crippen LogP contribution in [0.3, 0.4) is 0 Å². The maximum Gasteiger partial charge on any atom is 0.229 e. The van der Waals surface area contributed by atoms with E-state index in [9.17, 15) is 4.39 Å². The van der Waals surface area contributed by atoms with Crippen LogP contribution in [0.4, 0.5) is 16.2 Å². The Morgan fingerprint density at radius 2 is 1.74 bits per heavy atom. The number of para-hydroxylation sites is 1. The maximum atomic E-state index is 14.2. The molecule has 0 saturated carbocycles. The van der Waals surface area contributed by atoms with Gasteiger partial charge in [-0.25, -0.2) is 14.1 Å². The molecule has 4 heterocycles. The fourth-order valence-electron chi connectivity index (χ4n) is 4.31. The molecule has 9 nitrogen and oxygen atoms in total. The van der Waals surface area contributed by atoms with Crippen molar-refractivity contribution in [3.05, 3.63) is 84.2 Å². The lowest BCUT2D eigenvalue weighted by atomic mass is 10.2. The van der Waals surface area contributed by atoms with Crippen molar-refractivity contribution >= 4 is 22.9 Å². The zero-order chi connectivity index (χ0) is 23.6. The Labute approximate surface area is 201 Å². The summed E-state index contributed by atoms with van der Waals surface area (Å²) in [6.07, 6.45) is 5.73. The Hall–Kier alpha value is -4.34. The van der Waals surface area contributed by atoms with Crippen molar-refractivity contribution in [2.24, 2.45) is 0 Å². The van der Waals surface area contributed by atoms with Crippen LogP contribution in [0, 0.1) is 5.82 Å². The summed E-state index contributed by atoms with van der Waals surface area (Å²) >= 11 is 0. The van der Waals surface area contributed by atoms with Gasteiger partial charge in [0.1, 0.15) is 17.2 Å². The number of anilines is 2. The van der Waals surface area contributed by atoms with Crippen LogP contribution < -0.4 is 10.2 Å². The molecule has 1 aliphatic rings. The molecule has 0 aliphatic carbocycles. The Balaban J connectivity index is 1.33. The molecular weight excluding hydrogens is 445 g/mol. The molecule has 10 heteroatoms. The molecule has 6 rings (SSSR count). The zero-order valence-electron chi connectivity index (χ0n) is 19.0. The van der Waals surface area contributed by atoms with Crippen molar-refractivity contribution in [3.8, 4) is 5.69 Å². The van der Waals surface area contributed by atoms with Crippen LogP contribution in [-0.2, 0) is 13.1 Å². The van der Waals surface area contributed by atoms with Crippen molar-refractivity contribution in [1.82, 2.24) is 34.5 Å². The van der Waals surface area contributed by atoms with E-state index in [1.165, 1.54) is 10.7 Å². The first-order valence-electron chi connectivity index (χ1n) is 11.7. The second-order valence-electron chi connectivity index (χ2n) is 8.56. The molecule has 1 aliphatic heterocycles. The minimum atomic E-state index is -0.353. The number of hydrogen-bond donors (Lipinski definition) is 1. The van der Waals surface area contributed by atoms with Crippen molar-refractivity contribution in [2.45, 2.75) is 25.9 Å². The molecule has 0 spiro atoms. The topological polar surface area (TPSA) is 89.6 Å². The van der Waals surface area contributed by atoms with Crippen LogP contribution in [0.1, 0.15) is 24.1 Å². The lowest BCUT2D eigenvalue weighted by molar-refractivity contribution is 0.607. The molecule has 3 aromatic heterocycles. The number of nitrogens with zero attached hydrogens (tertiary/aromatic N) is 8. The first-order valence-corrected chi connectivity index (χ1v) is 11.7. The van der Waals surface area contributed by atoms with E-state index < -0.39 is 0 Å². The minimum Gasteiger partial charge on any atom is -0.364 e. The molecule has 176 valence electrons. The summed E-state index contributed by atoms with van der Waals surface area (Å²) in [7, 11) is 0. The molecule has 5 aromatic rings. The molecule has 0 bridgehead atoms. The van der Waals surface area contributed by atoms with Gasteiger partial charge in [-0.05, 0) is 30.5 Å². The highest BCUT2D eigenvalue weighted by atomic mass is 19.1. The Morgan fingerprint density at radius 3 is 2.57 bits per heavy atom. The van der Waals surface area contributed by atoms with Gasteiger partial charge in [-0.1, -0.05) is 47.7 Å². The van der Waals surface area contributed by atoms with Gasteiger partial charge in [-0.15, -0.1) is 5.10 Å². The molecular formula is C25H24FN9. The largest absolute Gasteiger partial charge is 0.364 e. The van der Waals surface area contributed by atoms with Gasteiger partial charge in [-0.3, -0.25) is 0 Å². The molecule has 1 N–H and O–H groups in total. The number of rotatable bonds is 7. The van der Waals surface area contributed by atoms with Crippen molar-refractivity contribution in [1.29, 1.82) is 0 Å². The van der Waals surface area contributed by atoms with Gasteiger partial charge in [0, 0.05) is 19.6 Å². The zero-order valence-corrected chi connectivity index (χ0v) is 19.0. The summed E-state index contributed by atoms with van der Waals surface area (Å²) in [5, 5.41) is 11.8. The average molecular weight is 470 g/mol. The molecule has 0 atom stereocenters. The Bertz CT molecular complexity index is 1450. The summed E-state index contributed by atoms with van der Waals surface area (Å²) in [6.45, 7) is 2.92. The lowest BCUT2D eigenvalue weighted by Crippen LogP contribution is -2.21. The summed E-state index contributed by atoms with van der Waals surface area (Å²) in [4.78, 5) is 16.5. The number of imidazole rings is 1. The predicted molar refractivity (Wildman–Crippen MR) is 131 cm³/mol. The summed E-state index contributed by atoms with van der Waals surface area (Å²) in [5.41, 5.74) is 3.61. The van der Waals surface area contributed by atoms with E-state index in [2.05, 4.69) is 37.6 Å². The number of halogens is 1. The highest BCUT2D eigenvalue weighted by Gasteiger charge is 2.20. The van der Waals surface area contributed by atoms with Gasteiger partial charge in [0.05, 0.1) is 19.1 Å². The third kappa shape index (κ3) is 4.30. The number of nitrogens with one attached hydrogen (secondary N) is 1. The quantitative estimate of drug-likeness (QED) is 0.388. The first-order chi connectivity index (χ1) is 17.2. The first kappa shape index (κ1) is 21.2. The van der Waals surface area contributed by atoms with E-state index in [-0.39, 0.29) is 5.82 Å². The SMILES string of the molecule is Fc1ccccc1-n1cc(Cn2cnc3c(NCc4ccccc4)nc(N4CCCC4)nc32)nn1. The van der Waals surface area contributed by atoms with Crippen LogP contribution >= 0.6 is 0 Å². The molecule has 0 unspecified atom stereocenters. The second-order valence-corrected chi connectivity index (χ2v) is 8.56.